The van der Waals surface area contributed by atoms with Gasteiger partial charge >= 0.3 is 0 Å². The Morgan fingerprint density at radius 2 is 2.20 bits per heavy atom. The van der Waals surface area contributed by atoms with Gasteiger partial charge in [0.15, 0.2) is 5.76 Å². The van der Waals surface area contributed by atoms with Gasteiger partial charge in [-0.15, -0.1) is 0 Å². The van der Waals surface area contributed by atoms with E-state index < -0.39 is 0 Å². The highest BCUT2D eigenvalue weighted by Crippen LogP contribution is 2.15. The number of amides is 1. The van der Waals surface area contributed by atoms with Gasteiger partial charge in [-0.05, 0) is 30.3 Å². The van der Waals surface area contributed by atoms with Crippen LogP contribution in [0.2, 0.25) is 0 Å². The van der Waals surface area contributed by atoms with Crippen LogP contribution in [0.5, 0.6) is 0 Å². The Hall–Kier alpha value is -2.89. The molecule has 20 heavy (non-hydrogen) atoms. The van der Waals surface area contributed by atoms with Gasteiger partial charge in [-0.1, -0.05) is 0 Å². The molecule has 1 aromatic carbocycles. The minimum atomic E-state index is -0.366. The molecule has 6 heteroatoms. The van der Waals surface area contributed by atoms with Crippen LogP contribution in [0.15, 0.2) is 52.1 Å². The molecule has 0 aliphatic rings. The lowest BCUT2D eigenvalue weighted by Gasteiger charge is -2.05. The minimum absolute atomic E-state index is 0.163. The molecule has 0 aliphatic carbocycles. The minimum Gasteiger partial charge on any atom is -0.459 e. The summed E-state index contributed by atoms with van der Waals surface area (Å²) in [5, 5.41) is 3.13. The summed E-state index contributed by atoms with van der Waals surface area (Å²) in [5.74, 6) is -0.153. The zero-order valence-corrected chi connectivity index (χ0v) is 10.7. The van der Waals surface area contributed by atoms with Gasteiger partial charge in [0.2, 0.25) is 0 Å². The van der Waals surface area contributed by atoms with Crippen LogP contribution >= 0.6 is 0 Å². The molecule has 2 heterocycles. The first-order valence-corrected chi connectivity index (χ1v) is 5.95. The monoisotopic (exact) mass is 269 g/mol. The molecule has 0 saturated carbocycles. The summed E-state index contributed by atoms with van der Waals surface area (Å²) in [5.41, 5.74) is 0.942. The molecule has 3 aromatic rings. The van der Waals surface area contributed by atoms with Crippen molar-refractivity contribution in [2.75, 3.05) is 5.32 Å². The van der Waals surface area contributed by atoms with E-state index in [0.717, 1.165) is 0 Å². The number of aromatic nitrogens is 2. The molecule has 6 nitrogen and oxygen atoms in total. The molecular weight excluding hydrogens is 258 g/mol. The number of carbonyl (C=O) groups excluding carboxylic acids is 1. The quantitative estimate of drug-likeness (QED) is 0.769. The standard InChI is InChI=1S/C14H11N3O3/c1-17-8-15-11-5-4-9(7-10(11)14(17)19)16-13(18)12-3-2-6-20-12/h2-8H,1H3,(H,16,18). The number of aryl methyl sites for hydroxylation is 1. The van der Waals surface area contributed by atoms with Crippen LogP contribution < -0.4 is 10.9 Å². The maximum Gasteiger partial charge on any atom is 0.291 e. The van der Waals surface area contributed by atoms with Gasteiger partial charge in [0.25, 0.3) is 11.5 Å². The third-order valence-electron chi connectivity index (χ3n) is 2.92. The summed E-state index contributed by atoms with van der Waals surface area (Å²) in [6.07, 6.45) is 2.89. The summed E-state index contributed by atoms with van der Waals surface area (Å²) >= 11 is 0. The number of fused-ring (bicyclic) bond motifs is 1. The molecule has 3 rings (SSSR count). The van der Waals surface area contributed by atoms with Crippen molar-refractivity contribution in [1.82, 2.24) is 9.55 Å². The second-order valence-electron chi connectivity index (χ2n) is 4.32. The van der Waals surface area contributed by atoms with Crippen LogP contribution in [0.4, 0.5) is 5.69 Å². The summed E-state index contributed by atoms with van der Waals surface area (Å²) in [6, 6.07) is 8.18. The average molecular weight is 269 g/mol. The lowest BCUT2D eigenvalue weighted by Crippen LogP contribution is -2.17. The van der Waals surface area contributed by atoms with E-state index in [1.54, 1.807) is 37.4 Å². The Labute approximate surface area is 113 Å². The van der Waals surface area contributed by atoms with Crippen molar-refractivity contribution in [2.24, 2.45) is 7.05 Å². The smallest absolute Gasteiger partial charge is 0.291 e. The maximum atomic E-state index is 12.0. The number of benzene rings is 1. The van der Waals surface area contributed by atoms with Crippen molar-refractivity contribution in [1.29, 1.82) is 0 Å². The Bertz CT molecular complexity index is 834. The SMILES string of the molecule is Cn1cnc2ccc(NC(=O)c3ccco3)cc2c1=O. The first-order chi connectivity index (χ1) is 9.65. The van der Waals surface area contributed by atoms with E-state index in [2.05, 4.69) is 10.3 Å². The second-order valence-corrected chi connectivity index (χ2v) is 4.32. The average Bonchev–Trinajstić information content (AvgIpc) is 2.98. The number of nitrogens with one attached hydrogen (secondary N) is 1. The predicted molar refractivity (Wildman–Crippen MR) is 73.6 cm³/mol. The molecule has 0 bridgehead atoms. The fourth-order valence-electron chi connectivity index (χ4n) is 1.89. The number of hydrogen-bond donors (Lipinski definition) is 1. The molecule has 100 valence electrons. The molecule has 0 spiro atoms. The van der Waals surface area contributed by atoms with Crippen molar-refractivity contribution >= 4 is 22.5 Å². The van der Waals surface area contributed by atoms with Crippen LogP contribution in [-0.2, 0) is 7.05 Å². The van der Waals surface area contributed by atoms with Gasteiger partial charge < -0.3 is 14.3 Å². The topological polar surface area (TPSA) is 77.1 Å². The Morgan fingerprint density at radius 1 is 1.35 bits per heavy atom. The van der Waals surface area contributed by atoms with E-state index in [9.17, 15) is 9.59 Å². The molecule has 0 saturated heterocycles. The predicted octanol–water partition coefficient (Wildman–Crippen LogP) is 1.78. The van der Waals surface area contributed by atoms with Crippen LogP contribution in [0.3, 0.4) is 0 Å². The summed E-state index contributed by atoms with van der Waals surface area (Å²) < 4.78 is 6.40. The highest BCUT2D eigenvalue weighted by molar-refractivity contribution is 6.03. The maximum absolute atomic E-state index is 12.0. The fourth-order valence-corrected chi connectivity index (χ4v) is 1.89. The van der Waals surface area contributed by atoms with Gasteiger partial charge in [-0.3, -0.25) is 9.59 Å². The highest BCUT2D eigenvalue weighted by atomic mass is 16.3. The van der Waals surface area contributed by atoms with Gasteiger partial charge in [-0.25, -0.2) is 4.98 Å². The lowest BCUT2D eigenvalue weighted by atomic mass is 10.2. The Morgan fingerprint density at radius 3 is 2.95 bits per heavy atom. The van der Waals surface area contributed by atoms with E-state index in [4.69, 9.17) is 4.42 Å². The third kappa shape index (κ3) is 2.07. The number of anilines is 1. The van der Waals surface area contributed by atoms with Crippen molar-refractivity contribution in [3.8, 4) is 0 Å². The zero-order chi connectivity index (χ0) is 14.1. The van der Waals surface area contributed by atoms with E-state index in [-0.39, 0.29) is 17.2 Å². The number of furan rings is 1. The Kier molecular flexibility index (Phi) is 2.83. The van der Waals surface area contributed by atoms with Crippen LogP contribution in [-0.4, -0.2) is 15.5 Å². The molecule has 1 amide bonds. The zero-order valence-electron chi connectivity index (χ0n) is 10.7. The van der Waals surface area contributed by atoms with Crippen LogP contribution in [0, 0.1) is 0 Å². The van der Waals surface area contributed by atoms with E-state index in [1.165, 1.54) is 17.2 Å². The fraction of sp³-hybridized carbons (Fsp3) is 0.0714. The molecule has 0 radical (unpaired) electrons. The second kappa shape index (κ2) is 4.65. The van der Waals surface area contributed by atoms with E-state index in [0.29, 0.717) is 16.6 Å². The molecule has 1 N–H and O–H groups in total. The van der Waals surface area contributed by atoms with Gasteiger partial charge in [0, 0.05) is 12.7 Å². The molecule has 0 atom stereocenters. The first kappa shape index (κ1) is 12.2. The molecule has 0 aliphatic heterocycles. The van der Waals surface area contributed by atoms with Crippen LogP contribution in [0.25, 0.3) is 10.9 Å². The summed E-state index contributed by atoms with van der Waals surface area (Å²) in [7, 11) is 1.63. The van der Waals surface area contributed by atoms with Crippen molar-refractivity contribution < 1.29 is 9.21 Å². The van der Waals surface area contributed by atoms with Crippen molar-refractivity contribution in [2.45, 2.75) is 0 Å². The highest BCUT2D eigenvalue weighted by Gasteiger charge is 2.10. The molecule has 2 aromatic heterocycles. The van der Waals surface area contributed by atoms with Crippen molar-refractivity contribution in [3.05, 3.63) is 59.0 Å². The van der Waals surface area contributed by atoms with Crippen molar-refractivity contribution in [3.63, 3.8) is 0 Å². The lowest BCUT2D eigenvalue weighted by molar-refractivity contribution is 0.0996. The number of carbonyl (C=O) groups is 1. The number of nitrogens with zero attached hydrogens (tertiary/aromatic N) is 2. The van der Waals surface area contributed by atoms with Gasteiger partial charge in [0.1, 0.15) is 0 Å². The molecule has 0 unspecified atom stereocenters. The Balaban J connectivity index is 1.99. The summed E-state index contributed by atoms with van der Waals surface area (Å²) in [6.45, 7) is 0. The van der Waals surface area contributed by atoms with E-state index >= 15 is 0 Å². The summed E-state index contributed by atoms with van der Waals surface area (Å²) in [4.78, 5) is 28.0. The third-order valence-corrected chi connectivity index (χ3v) is 2.92. The normalized spacial score (nSPS) is 10.7. The van der Waals surface area contributed by atoms with Gasteiger partial charge in [-0.2, -0.15) is 0 Å². The first-order valence-electron chi connectivity index (χ1n) is 5.95. The van der Waals surface area contributed by atoms with Gasteiger partial charge in [0.05, 0.1) is 23.5 Å². The van der Waals surface area contributed by atoms with E-state index in [1.807, 2.05) is 0 Å². The van der Waals surface area contributed by atoms with Crippen LogP contribution in [0.1, 0.15) is 10.6 Å². The molecule has 0 fully saturated rings. The number of hydrogen-bond acceptors (Lipinski definition) is 4. The number of rotatable bonds is 2. The molecular formula is C14H11N3O3. The largest absolute Gasteiger partial charge is 0.459 e.